The molecule has 20 heavy (non-hydrogen) atoms. The summed E-state index contributed by atoms with van der Waals surface area (Å²) in [6.07, 6.45) is 0. The monoisotopic (exact) mass is 315 g/mol. The molecule has 0 bridgehead atoms. The summed E-state index contributed by atoms with van der Waals surface area (Å²) in [7, 11) is -3.93. The van der Waals surface area contributed by atoms with E-state index >= 15 is 0 Å². The molecule has 0 saturated carbocycles. The third-order valence-corrected chi connectivity index (χ3v) is 4.87. The minimum absolute atomic E-state index is 0.0268. The topological polar surface area (TPSA) is 85.1 Å². The van der Waals surface area contributed by atoms with Gasteiger partial charge in [0.1, 0.15) is 10.7 Å². The highest BCUT2D eigenvalue weighted by atomic mass is 32.2. The van der Waals surface area contributed by atoms with Crippen molar-refractivity contribution >= 4 is 21.4 Å². The van der Waals surface area contributed by atoms with E-state index in [1.54, 1.807) is 5.38 Å². The Morgan fingerprint density at radius 3 is 2.80 bits per heavy atom. The van der Waals surface area contributed by atoms with Crippen molar-refractivity contribution in [1.82, 2.24) is 9.71 Å². The number of rotatable bonds is 5. The molecule has 0 aliphatic rings. The van der Waals surface area contributed by atoms with Gasteiger partial charge in [0.2, 0.25) is 10.0 Å². The Kier molecular flexibility index (Phi) is 4.48. The quantitative estimate of drug-likeness (QED) is 0.876. The number of nitrogens with two attached hydrogens (primary N) is 1. The number of hydrogen-bond acceptors (Lipinski definition) is 5. The molecule has 1 aromatic carbocycles. The van der Waals surface area contributed by atoms with Gasteiger partial charge in [-0.2, -0.15) is 0 Å². The maximum Gasteiger partial charge on any atom is 0.243 e. The molecule has 1 heterocycles. The summed E-state index contributed by atoms with van der Waals surface area (Å²) in [6, 6.07) is 3.80. The van der Waals surface area contributed by atoms with Gasteiger partial charge in [-0.25, -0.2) is 22.5 Å². The van der Waals surface area contributed by atoms with Gasteiger partial charge in [-0.15, -0.1) is 11.3 Å². The average molecular weight is 315 g/mol. The Hall–Kier alpha value is -1.35. The van der Waals surface area contributed by atoms with Gasteiger partial charge in [0.05, 0.1) is 17.2 Å². The van der Waals surface area contributed by atoms with Gasteiger partial charge in [0, 0.05) is 11.9 Å². The van der Waals surface area contributed by atoms with Crippen molar-refractivity contribution in [2.24, 2.45) is 5.73 Å². The second-order valence-electron chi connectivity index (χ2n) is 4.15. The lowest BCUT2D eigenvalue weighted by atomic mass is 10.2. The number of benzene rings is 1. The van der Waals surface area contributed by atoms with Gasteiger partial charge < -0.3 is 5.73 Å². The summed E-state index contributed by atoms with van der Waals surface area (Å²) >= 11 is 1.42. The normalized spacial score (nSPS) is 11.8. The minimum Gasteiger partial charge on any atom is -0.326 e. The molecule has 5 nitrogen and oxygen atoms in total. The number of aromatic nitrogens is 1. The molecule has 1 aromatic heterocycles. The van der Waals surface area contributed by atoms with Crippen LogP contribution in [0.4, 0.5) is 4.39 Å². The van der Waals surface area contributed by atoms with E-state index < -0.39 is 20.7 Å². The molecule has 0 aliphatic heterocycles. The van der Waals surface area contributed by atoms with Gasteiger partial charge in [-0.05, 0) is 24.6 Å². The van der Waals surface area contributed by atoms with Crippen LogP contribution in [-0.2, 0) is 23.1 Å². The lowest BCUT2D eigenvalue weighted by Gasteiger charge is -2.08. The highest BCUT2D eigenvalue weighted by Gasteiger charge is 2.19. The Bertz CT molecular complexity index is 713. The molecule has 2 aromatic rings. The van der Waals surface area contributed by atoms with Crippen LogP contribution in [-0.4, -0.2) is 13.4 Å². The zero-order valence-electron chi connectivity index (χ0n) is 10.8. The second-order valence-corrected chi connectivity index (χ2v) is 6.95. The van der Waals surface area contributed by atoms with Crippen molar-refractivity contribution < 1.29 is 12.8 Å². The number of aryl methyl sites for hydroxylation is 1. The molecule has 0 aliphatic carbocycles. The van der Waals surface area contributed by atoms with Crippen LogP contribution in [0.15, 0.2) is 28.5 Å². The van der Waals surface area contributed by atoms with E-state index in [4.69, 9.17) is 5.73 Å². The lowest BCUT2D eigenvalue weighted by molar-refractivity contribution is 0.555. The fourth-order valence-corrected chi connectivity index (χ4v) is 3.35. The molecular formula is C12H14FN3O2S2. The number of sulfonamides is 1. The van der Waals surface area contributed by atoms with Crippen LogP contribution in [0.5, 0.6) is 0 Å². The Morgan fingerprint density at radius 1 is 1.45 bits per heavy atom. The standard InChI is InChI=1S/C12H14FN3O2S2/c1-8-16-10(7-19-8)6-15-20(17,18)12-4-9(5-14)2-3-11(12)13/h2-4,7,15H,5-6,14H2,1H3. The molecule has 0 amide bonds. The summed E-state index contributed by atoms with van der Waals surface area (Å²) in [5.41, 5.74) is 6.59. The maximum absolute atomic E-state index is 13.7. The van der Waals surface area contributed by atoms with Crippen LogP contribution in [0, 0.1) is 12.7 Å². The van der Waals surface area contributed by atoms with E-state index in [2.05, 4.69) is 9.71 Å². The minimum atomic E-state index is -3.93. The Balaban J connectivity index is 2.21. The van der Waals surface area contributed by atoms with Gasteiger partial charge in [-0.3, -0.25) is 0 Å². The first-order chi connectivity index (χ1) is 9.42. The van der Waals surface area contributed by atoms with Crippen LogP contribution in [0.25, 0.3) is 0 Å². The average Bonchev–Trinajstić information content (AvgIpc) is 2.83. The molecule has 0 fully saturated rings. The summed E-state index contributed by atoms with van der Waals surface area (Å²) < 4.78 is 40.2. The zero-order valence-corrected chi connectivity index (χ0v) is 12.4. The van der Waals surface area contributed by atoms with Crippen molar-refractivity contribution in [1.29, 1.82) is 0 Å². The second kappa shape index (κ2) is 5.96. The number of nitrogens with zero attached hydrogens (tertiary/aromatic N) is 1. The Labute approximate surface area is 120 Å². The van der Waals surface area contributed by atoms with E-state index in [0.717, 1.165) is 11.1 Å². The predicted octanol–water partition coefficient (Wildman–Crippen LogP) is 1.53. The summed E-state index contributed by atoms with van der Waals surface area (Å²) in [5.74, 6) is -0.802. The maximum atomic E-state index is 13.7. The first-order valence-electron chi connectivity index (χ1n) is 5.81. The molecule has 0 atom stereocenters. The SMILES string of the molecule is Cc1nc(CNS(=O)(=O)c2cc(CN)ccc2F)cs1. The van der Waals surface area contributed by atoms with E-state index in [-0.39, 0.29) is 13.1 Å². The number of thiazole rings is 1. The lowest BCUT2D eigenvalue weighted by Crippen LogP contribution is -2.24. The molecule has 0 unspecified atom stereocenters. The van der Waals surface area contributed by atoms with Gasteiger partial charge >= 0.3 is 0 Å². The number of nitrogens with one attached hydrogen (secondary N) is 1. The fourth-order valence-electron chi connectivity index (χ4n) is 1.62. The van der Waals surface area contributed by atoms with Crippen molar-refractivity contribution in [3.8, 4) is 0 Å². The Morgan fingerprint density at radius 2 is 2.20 bits per heavy atom. The highest BCUT2D eigenvalue weighted by Crippen LogP contribution is 2.17. The summed E-state index contributed by atoms with van der Waals surface area (Å²) in [5, 5.41) is 2.60. The van der Waals surface area contributed by atoms with Crippen LogP contribution >= 0.6 is 11.3 Å². The molecule has 108 valence electrons. The van der Waals surface area contributed by atoms with Crippen LogP contribution in [0.3, 0.4) is 0 Å². The van der Waals surface area contributed by atoms with E-state index in [1.807, 2.05) is 6.92 Å². The molecular weight excluding hydrogens is 301 g/mol. The van der Waals surface area contributed by atoms with Crippen molar-refractivity contribution in [3.05, 3.63) is 45.7 Å². The van der Waals surface area contributed by atoms with E-state index in [1.165, 1.54) is 23.5 Å². The third-order valence-electron chi connectivity index (χ3n) is 2.63. The predicted molar refractivity (Wildman–Crippen MR) is 75.2 cm³/mol. The molecule has 0 saturated heterocycles. The van der Waals surface area contributed by atoms with Gasteiger partial charge in [0.15, 0.2) is 0 Å². The third kappa shape index (κ3) is 3.40. The molecule has 0 spiro atoms. The molecule has 3 N–H and O–H groups in total. The number of hydrogen-bond donors (Lipinski definition) is 2. The van der Waals surface area contributed by atoms with E-state index in [0.29, 0.717) is 11.3 Å². The smallest absolute Gasteiger partial charge is 0.243 e. The van der Waals surface area contributed by atoms with Gasteiger partial charge in [-0.1, -0.05) is 6.07 Å². The largest absolute Gasteiger partial charge is 0.326 e. The molecule has 8 heteroatoms. The summed E-state index contributed by atoms with van der Waals surface area (Å²) in [6.45, 7) is 2.00. The molecule has 2 rings (SSSR count). The first kappa shape index (κ1) is 15.0. The van der Waals surface area contributed by atoms with Gasteiger partial charge in [0.25, 0.3) is 0 Å². The van der Waals surface area contributed by atoms with Crippen molar-refractivity contribution in [2.45, 2.75) is 24.9 Å². The molecule has 0 radical (unpaired) electrons. The van der Waals surface area contributed by atoms with E-state index in [9.17, 15) is 12.8 Å². The van der Waals surface area contributed by atoms with Crippen LogP contribution < -0.4 is 10.5 Å². The van der Waals surface area contributed by atoms with Crippen molar-refractivity contribution in [3.63, 3.8) is 0 Å². The van der Waals surface area contributed by atoms with Crippen molar-refractivity contribution in [2.75, 3.05) is 0 Å². The summed E-state index contributed by atoms with van der Waals surface area (Å²) in [4.78, 5) is 3.75. The first-order valence-corrected chi connectivity index (χ1v) is 8.18. The number of halogens is 1. The van der Waals surface area contributed by atoms with Crippen LogP contribution in [0.2, 0.25) is 0 Å². The zero-order chi connectivity index (χ0) is 14.8. The van der Waals surface area contributed by atoms with Crippen LogP contribution in [0.1, 0.15) is 16.3 Å². The highest BCUT2D eigenvalue weighted by molar-refractivity contribution is 7.89. The fraction of sp³-hybridized carbons (Fsp3) is 0.250.